The fourth-order valence-corrected chi connectivity index (χ4v) is 3.94. The largest absolute Gasteiger partial charge is 0.458 e. The van der Waals surface area contributed by atoms with Crippen molar-refractivity contribution in [3.63, 3.8) is 0 Å². The fourth-order valence-electron chi connectivity index (χ4n) is 3.94. The minimum absolute atomic E-state index is 0.165. The van der Waals surface area contributed by atoms with Crippen LogP contribution in [0.25, 0.3) is 0 Å². The Morgan fingerprint density at radius 3 is 2.81 bits per heavy atom. The highest BCUT2D eigenvalue weighted by molar-refractivity contribution is 6.09. The van der Waals surface area contributed by atoms with Crippen molar-refractivity contribution < 1.29 is 28.6 Å². The Bertz CT molecular complexity index is 886. The first kappa shape index (κ1) is 17.5. The SMILES string of the molecule is COCC(=O)N1C(=O)/C(=C/OC2C=C(C)C(=O)O2)C2c3ccccc3CC21. The third-order valence-electron chi connectivity index (χ3n) is 5.13. The molecule has 2 amide bonds. The Morgan fingerprint density at radius 1 is 1.33 bits per heavy atom. The number of hydrogen-bond donors (Lipinski definition) is 0. The number of esters is 1. The Hall–Kier alpha value is -2.93. The van der Waals surface area contributed by atoms with Crippen LogP contribution in [0.4, 0.5) is 0 Å². The molecule has 7 nitrogen and oxygen atoms in total. The molecule has 1 aromatic rings. The smallest absolute Gasteiger partial charge is 0.336 e. The predicted octanol–water partition coefficient (Wildman–Crippen LogP) is 1.44. The number of imide groups is 1. The lowest BCUT2D eigenvalue weighted by molar-refractivity contribution is -0.152. The first-order valence-electron chi connectivity index (χ1n) is 8.69. The Morgan fingerprint density at radius 2 is 2.11 bits per heavy atom. The molecule has 1 saturated heterocycles. The zero-order chi connectivity index (χ0) is 19.1. The van der Waals surface area contributed by atoms with E-state index in [1.165, 1.54) is 18.3 Å². The number of hydrogen-bond acceptors (Lipinski definition) is 6. The normalized spacial score (nSPS) is 27.5. The van der Waals surface area contributed by atoms with Crippen LogP contribution in [0.1, 0.15) is 24.0 Å². The van der Waals surface area contributed by atoms with E-state index in [9.17, 15) is 14.4 Å². The number of carbonyl (C=O) groups is 3. The molecule has 7 heteroatoms. The highest BCUT2D eigenvalue weighted by atomic mass is 16.7. The standard InChI is InChI=1S/C20H19NO6/c1-11-7-17(27-20(11)24)26-9-14-18-13-6-4-3-5-12(13)8-15(18)21(19(14)23)16(22)10-25-2/h3-7,9,15,17-18H,8,10H2,1-2H3/b14-9+. The number of cyclic esters (lactones) is 1. The third-order valence-corrected chi connectivity index (χ3v) is 5.13. The van der Waals surface area contributed by atoms with Gasteiger partial charge in [-0.15, -0.1) is 0 Å². The molecule has 0 radical (unpaired) electrons. The monoisotopic (exact) mass is 369 g/mol. The van der Waals surface area contributed by atoms with Gasteiger partial charge in [0, 0.05) is 24.7 Å². The molecule has 2 aliphatic heterocycles. The summed E-state index contributed by atoms with van der Waals surface area (Å²) < 4.78 is 15.5. The molecule has 140 valence electrons. The van der Waals surface area contributed by atoms with Gasteiger partial charge in [0.25, 0.3) is 18.1 Å². The summed E-state index contributed by atoms with van der Waals surface area (Å²) in [5, 5.41) is 0. The average Bonchev–Trinajstić information content (AvgIpc) is 3.24. The predicted molar refractivity (Wildman–Crippen MR) is 93.2 cm³/mol. The van der Waals surface area contributed by atoms with Crippen molar-refractivity contribution in [3.8, 4) is 0 Å². The van der Waals surface area contributed by atoms with Crippen molar-refractivity contribution in [1.82, 2.24) is 4.90 Å². The lowest BCUT2D eigenvalue weighted by atomic mass is 9.94. The molecule has 3 unspecified atom stereocenters. The van der Waals surface area contributed by atoms with Crippen molar-refractivity contribution in [2.45, 2.75) is 31.6 Å². The van der Waals surface area contributed by atoms with Crippen molar-refractivity contribution >= 4 is 17.8 Å². The van der Waals surface area contributed by atoms with E-state index in [4.69, 9.17) is 14.2 Å². The van der Waals surface area contributed by atoms with E-state index >= 15 is 0 Å². The van der Waals surface area contributed by atoms with Crippen LogP contribution in [0.5, 0.6) is 0 Å². The van der Waals surface area contributed by atoms with E-state index < -0.39 is 18.2 Å². The van der Waals surface area contributed by atoms with Crippen LogP contribution >= 0.6 is 0 Å². The first-order chi connectivity index (χ1) is 13.0. The number of benzene rings is 1. The number of carbonyl (C=O) groups excluding carboxylic acids is 3. The van der Waals surface area contributed by atoms with Crippen LogP contribution in [0.3, 0.4) is 0 Å². The molecule has 0 bridgehead atoms. The number of fused-ring (bicyclic) bond motifs is 3. The van der Waals surface area contributed by atoms with Gasteiger partial charge in [-0.1, -0.05) is 24.3 Å². The van der Waals surface area contributed by atoms with Crippen LogP contribution in [-0.2, 0) is 35.0 Å². The van der Waals surface area contributed by atoms with Gasteiger partial charge in [0.15, 0.2) is 0 Å². The van der Waals surface area contributed by atoms with E-state index in [2.05, 4.69) is 0 Å². The quantitative estimate of drug-likeness (QED) is 0.454. The summed E-state index contributed by atoms with van der Waals surface area (Å²) in [6.45, 7) is 1.47. The van der Waals surface area contributed by atoms with E-state index in [0.717, 1.165) is 11.1 Å². The topological polar surface area (TPSA) is 82.1 Å². The molecule has 3 atom stereocenters. The van der Waals surface area contributed by atoms with Crippen LogP contribution in [0.2, 0.25) is 0 Å². The number of likely N-dealkylation sites (tertiary alicyclic amines) is 1. The van der Waals surface area contributed by atoms with Crippen LogP contribution in [0, 0.1) is 0 Å². The minimum atomic E-state index is -0.864. The molecular weight excluding hydrogens is 350 g/mol. The highest BCUT2D eigenvalue weighted by Gasteiger charge is 2.51. The lowest BCUT2D eigenvalue weighted by Gasteiger charge is -2.21. The van der Waals surface area contributed by atoms with Gasteiger partial charge >= 0.3 is 5.97 Å². The molecule has 0 saturated carbocycles. The summed E-state index contributed by atoms with van der Waals surface area (Å²) in [5.41, 5.74) is 2.94. The van der Waals surface area contributed by atoms with Crippen molar-refractivity contribution in [3.05, 3.63) is 58.9 Å². The van der Waals surface area contributed by atoms with Crippen LogP contribution < -0.4 is 0 Å². The van der Waals surface area contributed by atoms with Gasteiger partial charge in [-0.05, 0) is 24.5 Å². The summed E-state index contributed by atoms with van der Waals surface area (Å²) in [6, 6.07) is 7.52. The number of amides is 2. The maximum atomic E-state index is 13.0. The molecule has 4 rings (SSSR count). The molecule has 0 spiro atoms. The maximum Gasteiger partial charge on any atom is 0.336 e. The molecular formula is C20H19NO6. The minimum Gasteiger partial charge on any atom is -0.458 e. The van der Waals surface area contributed by atoms with Crippen LogP contribution in [0.15, 0.2) is 47.7 Å². The Balaban J connectivity index is 1.67. The second kappa shape index (κ2) is 6.66. The maximum absolute atomic E-state index is 13.0. The molecule has 1 fully saturated rings. The second-order valence-electron chi connectivity index (χ2n) is 6.78. The molecule has 1 aliphatic carbocycles. The van der Waals surface area contributed by atoms with E-state index in [1.807, 2.05) is 24.3 Å². The zero-order valence-electron chi connectivity index (χ0n) is 15.0. The van der Waals surface area contributed by atoms with Gasteiger partial charge in [-0.25, -0.2) is 4.79 Å². The van der Waals surface area contributed by atoms with Gasteiger partial charge in [-0.2, -0.15) is 0 Å². The van der Waals surface area contributed by atoms with Gasteiger partial charge in [0.2, 0.25) is 0 Å². The van der Waals surface area contributed by atoms with E-state index in [-0.39, 0.29) is 24.5 Å². The summed E-state index contributed by atoms with van der Waals surface area (Å²) in [7, 11) is 1.42. The Labute approximate surface area is 156 Å². The van der Waals surface area contributed by atoms with Crippen molar-refractivity contribution in [1.29, 1.82) is 0 Å². The average molecular weight is 369 g/mol. The molecule has 27 heavy (non-hydrogen) atoms. The molecule has 0 aromatic heterocycles. The number of nitrogens with zero attached hydrogens (tertiary/aromatic N) is 1. The fraction of sp³-hybridized carbons (Fsp3) is 0.350. The molecule has 2 heterocycles. The van der Waals surface area contributed by atoms with E-state index in [0.29, 0.717) is 17.6 Å². The van der Waals surface area contributed by atoms with Crippen LogP contribution in [-0.4, -0.2) is 48.7 Å². The van der Waals surface area contributed by atoms with Gasteiger partial charge in [0.05, 0.1) is 17.9 Å². The first-order valence-corrected chi connectivity index (χ1v) is 8.69. The summed E-state index contributed by atoms with van der Waals surface area (Å²) in [6.07, 6.45) is 2.61. The number of methoxy groups -OCH3 is 1. The number of rotatable bonds is 4. The van der Waals surface area contributed by atoms with Gasteiger partial charge in [-0.3, -0.25) is 14.5 Å². The van der Waals surface area contributed by atoms with Crippen molar-refractivity contribution in [2.75, 3.05) is 13.7 Å². The zero-order valence-corrected chi connectivity index (χ0v) is 15.0. The van der Waals surface area contributed by atoms with Crippen molar-refractivity contribution in [2.24, 2.45) is 0 Å². The van der Waals surface area contributed by atoms with E-state index in [1.54, 1.807) is 13.0 Å². The van der Waals surface area contributed by atoms with Gasteiger partial charge < -0.3 is 14.2 Å². The third kappa shape index (κ3) is 2.84. The summed E-state index contributed by atoms with van der Waals surface area (Å²) >= 11 is 0. The highest BCUT2D eigenvalue weighted by Crippen LogP contribution is 2.46. The number of ether oxygens (including phenoxy) is 3. The molecule has 3 aliphatic rings. The lowest BCUT2D eigenvalue weighted by Crippen LogP contribution is -2.41. The summed E-state index contributed by atoms with van der Waals surface area (Å²) in [4.78, 5) is 38.2. The molecule has 0 N–H and O–H groups in total. The summed E-state index contributed by atoms with van der Waals surface area (Å²) in [5.74, 6) is -1.49. The molecule has 1 aromatic carbocycles. The van der Waals surface area contributed by atoms with Gasteiger partial charge in [0.1, 0.15) is 6.61 Å². The second-order valence-corrected chi connectivity index (χ2v) is 6.78. The Kier molecular flexibility index (Phi) is 4.31.